The zero-order chi connectivity index (χ0) is 15.8. The minimum absolute atomic E-state index is 0.103. The Bertz CT molecular complexity index is 264. The molecule has 0 heterocycles. The van der Waals surface area contributed by atoms with E-state index in [-0.39, 0.29) is 11.9 Å². The summed E-state index contributed by atoms with van der Waals surface area (Å²) in [4.78, 5) is 22.0. The molecule has 0 aromatic carbocycles. The number of unbranched alkanes of at least 4 members (excludes halogenated alkanes) is 8. The largest absolute Gasteiger partial charge is 0.466 e. The van der Waals surface area contributed by atoms with Gasteiger partial charge in [0.1, 0.15) is 0 Å². The highest BCUT2D eigenvalue weighted by Gasteiger charge is 2.02. The lowest BCUT2D eigenvalue weighted by molar-refractivity contribution is -0.144. The van der Waals surface area contributed by atoms with Crippen LogP contribution in [-0.2, 0) is 19.1 Å². The van der Waals surface area contributed by atoms with Crippen molar-refractivity contribution in [1.29, 1.82) is 0 Å². The molecule has 124 valence electrons. The molecule has 0 aromatic rings. The number of rotatable bonds is 14. The third kappa shape index (κ3) is 16.9. The van der Waals surface area contributed by atoms with E-state index in [0.29, 0.717) is 19.6 Å². The normalized spacial score (nSPS) is 10.4. The Hall–Kier alpha value is -1.06. The van der Waals surface area contributed by atoms with Crippen LogP contribution in [0.25, 0.3) is 0 Å². The maximum atomic E-state index is 11.5. The molecule has 0 saturated carbocycles. The van der Waals surface area contributed by atoms with E-state index in [1.165, 1.54) is 39.0 Å². The molecule has 0 spiro atoms. The Balaban J connectivity index is 3.18. The SMILES string of the molecule is CCCCCCCCCOC(=O)CCCCCOC(C)=O. The molecular weight excluding hydrogens is 268 g/mol. The molecule has 0 aliphatic heterocycles. The quantitative estimate of drug-likeness (QED) is 0.352. The summed E-state index contributed by atoms with van der Waals surface area (Å²) < 4.78 is 10.0. The Morgan fingerprint density at radius 3 is 1.86 bits per heavy atom. The first-order valence-corrected chi connectivity index (χ1v) is 8.45. The molecule has 0 unspecified atom stereocenters. The maximum absolute atomic E-state index is 11.5. The monoisotopic (exact) mass is 300 g/mol. The van der Waals surface area contributed by atoms with E-state index >= 15 is 0 Å². The van der Waals surface area contributed by atoms with Crippen molar-refractivity contribution >= 4 is 11.9 Å². The summed E-state index contributed by atoms with van der Waals surface area (Å²) in [6.07, 6.45) is 11.6. The molecule has 21 heavy (non-hydrogen) atoms. The van der Waals surface area contributed by atoms with Gasteiger partial charge in [-0.2, -0.15) is 0 Å². The van der Waals surface area contributed by atoms with Gasteiger partial charge < -0.3 is 9.47 Å². The van der Waals surface area contributed by atoms with Gasteiger partial charge in [-0.1, -0.05) is 45.4 Å². The second kappa shape index (κ2) is 15.3. The Morgan fingerprint density at radius 1 is 0.714 bits per heavy atom. The third-order valence-electron chi connectivity index (χ3n) is 3.34. The van der Waals surface area contributed by atoms with Crippen molar-refractivity contribution in [3.05, 3.63) is 0 Å². The molecular formula is C17H32O4. The fourth-order valence-corrected chi connectivity index (χ4v) is 2.08. The molecule has 4 heteroatoms. The number of hydrogen-bond donors (Lipinski definition) is 0. The number of carbonyl (C=O) groups excluding carboxylic acids is 2. The maximum Gasteiger partial charge on any atom is 0.305 e. The standard InChI is InChI=1S/C17H32O4/c1-3-4-5-6-7-8-11-15-21-17(19)13-10-9-12-14-20-16(2)18/h3-15H2,1-2H3. The lowest BCUT2D eigenvalue weighted by Gasteiger charge is -2.05. The van der Waals surface area contributed by atoms with Gasteiger partial charge in [-0.25, -0.2) is 0 Å². The second-order valence-corrected chi connectivity index (χ2v) is 5.49. The van der Waals surface area contributed by atoms with Crippen LogP contribution < -0.4 is 0 Å². The van der Waals surface area contributed by atoms with Crippen molar-refractivity contribution in [2.75, 3.05) is 13.2 Å². The van der Waals surface area contributed by atoms with Gasteiger partial charge in [0, 0.05) is 13.3 Å². The van der Waals surface area contributed by atoms with Crippen molar-refractivity contribution in [2.24, 2.45) is 0 Å². The molecule has 0 saturated heterocycles. The minimum Gasteiger partial charge on any atom is -0.466 e. The van der Waals surface area contributed by atoms with Crippen molar-refractivity contribution in [2.45, 2.75) is 84.5 Å². The van der Waals surface area contributed by atoms with Crippen molar-refractivity contribution in [3.63, 3.8) is 0 Å². The molecule has 0 atom stereocenters. The van der Waals surface area contributed by atoms with E-state index in [0.717, 1.165) is 32.1 Å². The van der Waals surface area contributed by atoms with Crippen LogP contribution in [0.1, 0.15) is 84.5 Å². The summed E-state index contributed by atoms with van der Waals surface area (Å²) in [5.74, 6) is -0.349. The lowest BCUT2D eigenvalue weighted by Crippen LogP contribution is -2.06. The van der Waals surface area contributed by atoms with E-state index in [4.69, 9.17) is 9.47 Å². The highest BCUT2D eigenvalue weighted by molar-refractivity contribution is 5.69. The van der Waals surface area contributed by atoms with Crippen LogP contribution in [0, 0.1) is 0 Å². The molecule has 0 aromatic heterocycles. The first-order valence-electron chi connectivity index (χ1n) is 8.45. The molecule has 0 fully saturated rings. The summed E-state index contributed by atoms with van der Waals surface area (Å²) in [6, 6.07) is 0. The summed E-state index contributed by atoms with van der Waals surface area (Å²) >= 11 is 0. The van der Waals surface area contributed by atoms with E-state index < -0.39 is 0 Å². The van der Waals surface area contributed by atoms with E-state index in [1.54, 1.807) is 0 Å². The summed E-state index contributed by atoms with van der Waals surface area (Å²) in [6.45, 7) is 4.62. The number of hydrogen-bond acceptors (Lipinski definition) is 4. The number of esters is 2. The second-order valence-electron chi connectivity index (χ2n) is 5.49. The first-order chi connectivity index (χ1) is 10.2. The van der Waals surface area contributed by atoms with Crippen molar-refractivity contribution in [3.8, 4) is 0 Å². The minimum atomic E-state index is -0.246. The van der Waals surface area contributed by atoms with Gasteiger partial charge >= 0.3 is 11.9 Å². The number of carbonyl (C=O) groups is 2. The van der Waals surface area contributed by atoms with Gasteiger partial charge in [-0.3, -0.25) is 9.59 Å². The molecule has 0 amide bonds. The zero-order valence-corrected chi connectivity index (χ0v) is 13.8. The van der Waals surface area contributed by atoms with Gasteiger partial charge in [-0.15, -0.1) is 0 Å². The Morgan fingerprint density at radius 2 is 1.24 bits per heavy atom. The lowest BCUT2D eigenvalue weighted by atomic mass is 10.1. The smallest absolute Gasteiger partial charge is 0.305 e. The molecule has 0 rings (SSSR count). The zero-order valence-electron chi connectivity index (χ0n) is 13.8. The highest BCUT2D eigenvalue weighted by Crippen LogP contribution is 2.07. The van der Waals surface area contributed by atoms with Gasteiger partial charge in [0.2, 0.25) is 0 Å². The van der Waals surface area contributed by atoms with E-state index in [1.807, 2.05) is 0 Å². The van der Waals surface area contributed by atoms with Crippen LogP contribution >= 0.6 is 0 Å². The Labute approximate surface area is 129 Å². The van der Waals surface area contributed by atoms with Gasteiger partial charge in [-0.05, 0) is 25.7 Å². The molecule has 0 aliphatic rings. The third-order valence-corrected chi connectivity index (χ3v) is 3.34. The molecule has 4 nitrogen and oxygen atoms in total. The molecule has 0 bridgehead atoms. The summed E-state index contributed by atoms with van der Waals surface area (Å²) in [7, 11) is 0. The van der Waals surface area contributed by atoms with Crippen molar-refractivity contribution < 1.29 is 19.1 Å². The van der Waals surface area contributed by atoms with E-state index in [2.05, 4.69) is 6.92 Å². The van der Waals surface area contributed by atoms with Crippen LogP contribution in [0.5, 0.6) is 0 Å². The summed E-state index contributed by atoms with van der Waals surface area (Å²) in [5.41, 5.74) is 0. The van der Waals surface area contributed by atoms with E-state index in [9.17, 15) is 9.59 Å². The predicted octanol–water partition coefficient (Wildman–Crippen LogP) is 4.40. The van der Waals surface area contributed by atoms with Gasteiger partial charge in [0.15, 0.2) is 0 Å². The predicted molar refractivity (Wildman–Crippen MR) is 84.1 cm³/mol. The summed E-state index contributed by atoms with van der Waals surface area (Å²) in [5, 5.41) is 0. The highest BCUT2D eigenvalue weighted by atomic mass is 16.5. The molecule has 0 radical (unpaired) electrons. The van der Waals surface area contributed by atoms with Gasteiger partial charge in [0.25, 0.3) is 0 Å². The van der Waals surface area contributed by atoms with Crippen LogP contribution in [0.3, 0.4) is 0 Å². The Kier molecular flexibility index (Phi) is 14.6. The topological polar surface area (TPSA) is 52.6 Å². The average Bonchev–Trinajstić information content (AvgIpc) is 2.45. The van der Waals surface area contributed by atoms with Crippen LogP contribution in [0.2, 0.25) is 0 Å². The average molecular weight is 300 g/mol. The molecule has 0 aliphatic carbocycles. The fraction of sp³-hybridized carbons (Fsp3) is 0.882. The first kappa shape index (κ1) is 19.9. The number of ether oxygens (including phenoxy) is 2. The van der Waals surface area contributed by atoms with Gasteiger partial charge in [0.05, 0.1) is 13.2 Å². The van der Waals surface area contributed by atoms with Crippen LogP contribution in [0.4, 0.5) is 0 Å². The van der Waals surface area contributed by atoms with Crippen LogP contribution in [0.15, 0.2) is 0 Å². The fourth-order valence-electron chi connectivity index (χ4n) is 2.08. The van der Waals surface area contributed by atoms with Crippen molar-refractivity contribution in [1.82, 2.24) is 0 Å². The van der Waals surface area contributed by atoms with Crippen LogP contribution in [-0.4, -0.2) is 25.2 Å². The molecule has 0 N–H and O–H groups in total.